The van der Waals surface area contributed by atoms with Crippen LogP contribution in [0, 0.1) is 6.92 Å². The van der Waals surface area contributed by atoms with Crippen LogP contribution < -0.4 is 10.6 Å². The Labute approximate surface area is 121 Å². The molecular formula is C14H17N3O2S. The van der Waals surface area contributed by atoms with Gasteiger partial charge in [-0.3, -0.25) is 0 Å². The third-order valence-corrected chi connectivity index (χ3v) is 3.88. The first-order valence-electron chi connectivity index (χ1n) is 6.30. The first-order valence-corrected chi connectivity index (χ1v) is 7.18. The predicted molar refractivity (Wildman–Crippen MR) is 78.5 cm³/mol. The van der Waals surface area contributed by atoms with Gasteiger partial charge in [0.25, 0.3) is 0 Å². The van der Waals surface area contributed by atoms with E-state index in [0.29, 0.717) is 6.54 Å². The maximum Gasteiger partial charge on any atom is 0.315 e. The van der Waals surface area contributed by atoms with Crippen LogP contribution in [0.5, 0.6) is 0 Å². The number of rotatable bonds is 5. The molecule has 2 aromatic rings. The molecule has 5 nitrogen and oxygen atoms in total. The predicted octanol–water partition coefficient (Wildman–Crippen LogP) is 1.98. The zero-order valence-corrected chi connectivity index (χ0v) is 12.0. The third kappa shape index (κ3) is 3.79. The van der Waals surface area contributed by atoms with E-state index < -0.39 is 6.04 Å². The number of thiazole rings is 1. The molecule has 0 bridgehead atoms. The van der Waals surface area contributed by atoms with Crippen molar-refractivity contribution < 1.29 is 9.90 Å². The molecule has 1 aromatic carbocycles. The Kier molecular flexibility index (Phi) is 5.09. The summed E-state index contributed by atoms with van der Waals surface area (Å²) in [5.74, 6) is 0. The lowest BCUT2D eigenvalue weighted by molar-refractivity contribution is 0.216. The van der Waals surface area contributed by atoms with Gasteiger partial charge in [-0.1, -0.05) is 30.3 Å². The Morgan fingerprint density at radius 3 is 2.75 bits per heavy atom. The molecule has 0 aliphatic rings. The number of carbonyl (C=O) groups is 1. The molecule has 20 heavy (non-hydrogen) atoms. The largest absolute Gasteiger partial charge is 0.394 e. The van der Waals surface area contributed by atoms with E-state index >= 15 is 0 Å². The van der Waals surface area contributed by atoms with E-state index in [1.807, 2.05) is 37.3 Å². The van der Waals surface area contributed by atoms with Gasteiger partial charge in [-0.2, -0.15) is 0 Å². The molecule has 1 heterocycles. The normalized spacial score (nSPS) is 11.9. The molecule has 1 atom stereocenters. The lowest BCUT2D eigenvalue weighted by Gasteiger charge is -2.17. The van der Waals surface area contributed by atoms with Gasteiger partial charge in [-0.05, 0) is 12.5 Å². The quantitative estimate of drug-likeness (QED) is 0.788. The van der Waals surface area contributed by atoms with Crippen molar-refractivity contribution >= 4 is 17.4 Å². The van der Waals surface area contributed by atoms with E-state index in [1.165, 1.54) is 11.3 Å². The maximum atomic E-state index is 11.8. The van der Waals surface area contributed by atoms with Crippen molar-refractivity contribution in [2.45, 2.75) is 19.5 Å². The van der Waals surface area contributed by atoms with Gasteiger partial charge in [-0.15, -0.1) is 11.3 Å². The van der Waals surface area contributed by atoms with Crippen LogP contribution in [0.25, 0.3) is 0 Å². The number of carbonyl (C=O) groups excluding carboxylic acids is 1. The monoisotopic (exact) mass is 291 g/mol. The minimum absolute atomic E-state index is 0.142. The summed E-state index contributed by atoms with van der Waals surface area (Å²) in [7, 11) is 0. The van der Waals surface area contributed by atoms with E-state index in [1.54, 1.807) is 5.51 Å². The van der Waals surface area contributed by atoms with Gasteiger partial charge in [0.1, 0.15) is 0 Å². The van der Waals surface area contributed by atoms with Crippen LogP contribution >= 0.6 is 11.3 Å². The number of urea groups is 1. The molecule has 0 radical (unpaired) electrons. The molecule has 2 rings (SSSR count). The second-order valence-corrected chi connectivity index (χ2v) is 5.27. The summed E-state index contributed by atoms with van der Waals surface area (Å²) in [6.07, 6.45) is 0. The van der Waals surface area contributed by atoms with Crippen molar-refractivity contribution in [2.24, 2.45) is 0 Å². The van der Waals surface area contributed by atoms with Crippen molar-refractivity contribution in [1.82, 2.24) is 15.6 Å². The molecule has 0 saturated carbocycles. The first-order chi connectivity index (χ1) is 9.70. The number of nitrogens with one attached hydrogen (secondary N) is 2. The molecule has 1 aromatic heterocycles. The van der Waals surface area contributed by atoms with Gasteiger partial charge in [0.05, 0.1) is 30.4 Å². The number of aromatic nitrogens is 1. The SMILES string of the molecule is Cc1ncsc1CNC(=O)N[C@H](CO)c1ccccc1. The number of benzene rings is 1. The lowest BCUT2D eigenvalue weighted by Crippen LogP contribution is -2.38. The van der Waals surface area contributed by atoms with Crippen LogP contribution in [0.2, 0.25) is 0 Å². The summed E-state index contributed by atoms with van der Waals surface area (Å²) >= 11 is 1.51. The van der Waals surface area contributed by atoms with E-state index in [-0.39, 0.29) is 12.6 Å². The van der Waals surface area contributed by atoms with Gasteiger partial charge in [0.15, 0.2) is 0 Å². The zero-order chi connectivity index (χ0) is 14.4. The van der Waals surface area contributed by atoms with Gasteiger partial charge in [0, 0.05) is 4.88 Å². The summed E-state index contributed by atoms with van der Waals surface area (Å²) in [4.78, 5) is 17.0. The molecule has 0 fully saturated rings. The highest BCUT2D eigenvalue weighted by Crippen LogP contribution is 2.13. The van der Waals surface area contributed by atoms with Gasteiger partial charge < -0.3 is 15.7 Å². The standard InChI is InChI=1S/C14H17N3O2S/c1-10-13(20-9-16-10)7-15-14(19)17-12(8-18)11-5-3-2-4-6-11/h2-6,9,12,18H,7-8H2,1H3,(H2,15,17,19)/t12-/m1/s1. The number of aliphatic hydroxyl groups is 1. The third-order valence-electron chi connectivity index (χ3n) is 2.94. The van der Waals surface area contributed by atoms with Crippen molar-refractivity contribution in [3.8, 4) is 0 Å². The first kappa shape index (κ1) is 14.5. The highest BCUT2D eigenvalue weighted by molar-refractivity contribution is 7.09. The van der Waals surface area contributed by atoms with E-state index in [2.05, 4.69) is 15.6 Å². The summed E-state index contributed by atoms with van der Waals surface area (Å²) in [6, 6.07) is 8.67. The van der Waals surface area contributed by atoms with Crippen LogP contribution in [0.15, 0.2) is 35.8 Å². The minimum Gasteiger partial charge on any atom is -0.394 e. The summed E-state index contributed by atoms with van der Waals surface area (Å²) < 4.78 is 0. The molecule has 0 unspecified atom stereocenters. The number of aliphatic hydroxyl groups excluding tert-OH is 1. The van der Waals surface area contributed by atoms with Gasteiger partial charge in [-0.25, -0.2) is 9.78 Å². The highest BCUT2D eigenvalue weighted by Gasteiger charge is 2.13. The molecule has 0 aliphatic carbocycles. The number of hydrogen-bond acceptors (Lipinski definition) is 4. The Morgan fingerprint density at radius 2 is 2.15 bits per heavy atom. The van der Waals surface area contributed by atoms with Crippen molar-refractivity contribution in [2.75, 3.05) is 6.61 Å². The Balaban J connectivity index is 1.88. The van der Waals surface area contributed by atoms with E-state index in [0.717, 1.165) is 16.1 Å². The number of amides is 2. The summed E-state index contributed by atoms with van der Waals surface area (Å²) in [5, 5.41) is 14.9. The Hall–Kier alpha value is -1.92. The summed E-state index contributed by atoms with van der Waals surface area (Å²) in [6.45, 7) is 2.21. The molecule has 0 spiro atoms. The average Bonchev–Trinajstić information content (AvgIpc) is 2.89. The fourth-order valence-corrected chi connectivity index (χ4v) is 2.50. The molecule has 0 aliphatic heterocycles. The number of hydrogen-bond donors (Lipinski definition) is 3. The second kappa shape index (κ2) is 7.02. The second-order valence-electron chi connectivity index (χ2n) is 4.33. The molecule has 3 N–H and O–H groups in total. The summed E-state index contributed by atoms with van der Waals surface area (Å²) in [5.41, 5.74) is 3.56. The van der Waals surface area contributed by atoms with Crippen LogP contribution in [0.1, 0.15) is 22.2 Å². The van der Waals surface area contributed by atoms with E-state index in [9.17, 15) is 9.90 Å². The highest BCUT2D eigenvalue weighted by atomic mass is 32.1. The lowest BCUT2D eigenvalue weighted by atomic mass is 10.1. The molecule has 0 saturated heterocycles. The Bertz CT molecular complexity index is 557. The van der Waals surface area contributed by atoms with Gasteiger partial charge >= 0.3 is 6.03 Å². The van der Waals surface area contributed by atoms with Crippen LogP contribution in [-0.4, -0.2) is 22.7 Å². The number of nitrogens with zero attached hydrogens (tertiary/aromatic N) is 1. The average molecular weight is 291 g/mol. The topological polar surface area (TPSA) is 74.2 Å². The molecular weight excluding hydrogens is 274 g/mol. The minimum atomic E-state index is -0.404. The molecule has 2 amide bonds. The van der Waals surface area contributed by atoms with Crippen LogP contribution in [0.4, 0.5) is 4.79 Å². The van der Waals surface area contributed by atoms with Crippen LogP contribution in [-0.2, 0) is 6.54 Å². The fourth-order valence-electron chi connectivity index (χ4n) is 1.79. The van der Waals surface area contributed by atoms with Crippen LogP contribution in [0.3, 0.4) is 0 Å². The maximum absolute atomic E-state index is 11.8. The molecule has 6 heteroatoms. The van der Waals surface area contributed by atoms with Crippen molar-refractivity contribution in [3.05, 3.63) is 52.0 Å². The van der Waals surface area contributed by atoms with Crippen molar-refractivity contribution in [3.63, 3.8) is 0 Å². The zero-order valence-electron chi connectivity index (χ0n) is 11.2. The molecule has 106 valence electrons. The smallest absolute Gasteiger partial charge is 0.315 e. The van der Waals surface area contributed by atoms with E-state index in [4.69, 9.17) is 0 Å². The fraction of sp³-hybridized carbons (Fsp3) is 0.286. The number of aryl methyl sites for hydroxylation is 1. The van der Waals surface area contributed by atoms with Crippen molar-refractivity contribution in [1.29, 1.82) is 0 Å². The van der Waals surface area contributed by atoms with Gasteiger partial charge in [0.2, 0.25) is 0 Å². The Morgan fingerprint density at radius 1 is 1.40 bits per heavy atom.